The minimum Gasteiger partial charge on any atom is -0.497 e. The molecule has 0 atom stereocenters. The Labute approximate surface area is 108 Å². The topological polar surface area (TPSA) is 18.5 Å². The Balaban J connectivity index is 2.54. The van der Waals surface area contributed by atoms with Crippen molar-refractivity contribution in [2.45, 2.75) is 19.3 Å². The van der Waals surface area contributed by atoms with E-state index in [1.807, 2.05) is 6.07 Å². The maximum absolute atomic E-state index is 5.24. The van der Waals surface area contributed by atoms with Crippen LogP contribution in [0.15, 0.2) is 29.7 Å². The van der Waals surface area contributed by atoms with Crippen molar-refractivity contribution in [1.29, 1.82) is 0 Å². The first kappa shape index (κ1) is 14.0. The van der Waals surface area contributed by atoms with Crippen molar-refractivity contribution in [2.24, 2.45) is 0 Å². The molecule has 0 N–H and O–H groups in total. The van der Waals surface area contributed by atoms with Crippen molar-refractivity contribution in [2.75, 3.05) is 20.5 Å². The average molecular weight is 252 g/mol. The summed E-state index contributed by atoms with van der Waals surface area (Å²) < 4.78 is 10.5. The molecule has 0 spiro atoms. The molecule has 0 aliphatic rings. The van der Waals surface area contributed by atoms with Crippen LogP contribution in [0.4, 0.5) is 0 Å². The summed E-state index contributed by atoms with van der Waals surface area (Å²) in [5, 5.41) is 2.13. The summed E-state index contributed by atoms with van der Waals surface area (Å²) in [4.78, 5) is 0. The zero-order valence-electron chi connectivity index (χ0n) is 10.7. The molecule has 17 heavy (non-hydrogen) atoms. The standard InChI is InChI=1S/C14H20O2S/c1-15-13-9-12(10-14(11-13)16-2)7-5-4-6-8-17-3/h6,8-11H,4-5,7H2,1-3H3/b8-6+. The quantitative estimate of drug-likeness (QED) is 0.686. The van der Waals surface area contributed by atoms with Crippen LogP contribution in [0.3, 0.4) is 0 Å². The molecule has 94 valence electrons. The zero-order valence-corrected chi connectivity index (χ0v) is 11.5. The molecule has 0 radical (unpaired) electrons. The number of thioether (sulfide) groups is 1. The largest absolute Gasteiger partial charge is 0.497 e. The highest BCUT2D eigenvalue weighted by Crippen LogP contribution is 2.23. The molecular weight excluding hydrogens is 232 g/mol. The van der Waals surface area contributed by atoms with Gasteiger partial charge < -0.3 is 9.47 Å². The van der Waals surface area contributed by atoms with E-state index in [0.29, 0.717) is 0 Å². The Morgan fingerprint density at radius 1 is 1.12 bits per heavy atom. The first-order valence-electron chi connectivity index (χ1n) is 5.70. The molecule has 3 heteroatoms. The monoisotopic (exact) mass is 252 g/mol. The van der Waals surface area contributed by atoms with E-state index < -0.39 is 0 Å². The first-order valence-corrected chi connectivity index (χ1v) is 6.98. The van der Waals surface area contributed by atoms with Crippen LogP contribution in [0, 0.1) is 0 Å². The van der Waals surface area contributed by atoms with Crippen LogP contribution >= 0.6 is 11.8 Å². The lowest BCUT2D eigenvalue weighted by Crippen LogP contribution is -1.91. The van der Waals surface area contributed by atoms with Gasteiger partial charge in [-0.15, -0.1) is 11.8 Å². The van der Waals surface area contributed by atoms with E-state index in [0.717, 1.165) is 30.8 Å². The molecule has 0 fully saturated rings. The SMILES string of the molecule is COc1cc(CCC/C=C/SC)cc(OC)c1. The first-order chi connectivity index (χ1) is 8.30. The van der Waals surface area contributed by atoms with E-state index in [9.17, 15) is 0 Å². The molecule has 0 aliphatic carbocycles. The van der Waals surface area contributed by atoms with Crippen LogP contribution in [-0.2, 0) is 6.42 Å². The Hall–Kier alpha value is -1.09. The molecule has 1 aromatic carbocycles. The molecule has 0 saturated carbocycles. The molecule has 1 aromatic rings. The van der Waals surface area contributed by atoms with Gasteiger partial charge in [-0.3, -0.25) is 0 Å². The summed E-state index contributed by atoms with van der Waals surface area (Å²) in [6, 6.07) is 6.04. The summed E-state index contributed by atoms with van der Waals surface area (Å²) in [6.07, 6.45) is 7.59. The van der Waals surface area contributed by atoms with E-state index in [1.54, 1.807) is 26.0 Å². The van der Waals surface area contributed by atoms with E-state index in [4.69, 9.17) is 9.47 Å². The summed E-state index contributed by atoms with van der Waals surface area (Å²) in [6.45, 7) is 0. The summed E-state index contributed by atoms with van der Waals surface area (Å²) in [5.41, 5.74) is 1.26. The Kier molecular flexibility index (Phi) is 6.63. The minimum absolute atomic E-state index is 0.860. The Bertz CT molecular complexity index is 339. The lowest BCUT2D eigenvalue weighted by Gasteiger charge is -2.07. The zero-order chi connectivity index (χ0) is 12.5. The van der Waals surface area contributed by atoms with E-state index in [1.165, 1.54) is 5.56 Å². The molecular formula is C14H20O2S. The molecule has 0 bridgehead atoms. The smallest absolute Gasteiger partial charge is 0.122 e. The van der Waals surface area contributed by atoms with Crippen molar-refractivity contribution in [3.8, 4) is 11.5 Å². The summed E-state index contributed by atoms with van der Waals surface area (Å²) in [7, 11) is 3.36. The molecule has 0 aromatic heterocycles. The number of unbranched alkanes of at least 4 members (excludes halogenated alkanes) is 1. The van der Waals surface area contributed by atoms with Gasteiger partial charge in [-0.1, -0.05) is 6.08 Å². The van der Waals surface area contributed by atoms with Crippen molar-refractivity contribution in [1.82, 2.24) is 0 Å². The van der Waals surface area contributed by atoms with E-state index in [2.05, 4.69) is 29.9 Å². The lowest BCUT2D eigenvalue weighted by atomic mass is 10.1. The predicted molar refractivity (Wildman–Crippen MR) is 75.1 cm³/mol. The van der Waals surface area contributed by atoms with Gasteiger partial charge in [0.25, 0.3) is 0 Å². The van der Waals surface area contributed by atoms with Crippen LogP contribution in [0.5, 0.6) is 11.5 Å². The van der Waals surface area contributed by atoms with Crippen LogP contribution in [-0.4, -0.2) is 20.5 Å². The van der Waals surface area contributed by atoms with Gasteiger partial charge in [0.05, 0.1) is 14.2 Å². The third-order valence-electron chi connectivity index (χ3n) is 2.48. The second-order valence-corrected chi connectivity index (χ2v) is 4.46. The van der Waals surface area contributed by atoms with E-state index >= 15 is 0 Å². The Morgan fingerprint density at radius 2 is 1.76 bits per heavy atom. The van der Waals surface area contributed by atoms with Crippen molar-refractivity contribution >= 4 is 11.8 Å². The molecule has 0 amide bonds. The van der Waals surface area contributed by atoms with Crippen molar-refractivity contribution in [3.63, 3.8) is 0 Å². The predicted octanol–water partition coefficient (Wildman–Crippen LogP) is 3.90. The van der Waals surface area contributed by atoms with Crippen LogP contribution < -0.4 is 9.47 Å². The van der Waals surface area contributed by atoms with Crippen LogP contribution in [0.1, 0.15) is 18.4 Å². The summed E-state index contributed by atoms with van der Waals surface area (Å²) >= 11 is 1.74. The molecule has 1 rings (SSSR count). The molecule has 0 saturated heterocycles. The highest BCUT2D eigenvalue weighted by Gasteiger charge is 2.01. The van der Waals surface area contributed by atoms with Crippen LogP contribution in [0.25, 0.3) is 0 Å². The van der Waals surface area contributed by atoms with Gasteiger partial charge in [0.2, 0.25) is 0 Å². The van der Waals surface area contributed by atoms with Gasteiger partial charge in [-0.25, -0.2) is 0 Å². The third kappa shape index (κ3) is 5.18. The van der Waals surface area contributed by atoms with Crippen molar-refractivity contribution < 1.29 is 9.47 Å². The number of aryl methyl sites for hydroxylation is 1. The number of rotatable bonds is 7. The second kappa shape index (κ2) is 8.07. The van der Waals surface area contributed by atoms with Gasteiger partial charge in [-0.2, -0.15) is 0 Å². The fraction of sp³-hybridized carbons (Fsp3) is 0.429. The number of methoxy groups -OCH3 is 2. The highest BCUT2D eigenvalue weighted by atomic mass is 32.2. The number of hydrogen-bond acceptors (Lipinski definition) is 3. The minimum atomic E-state index is 0.860. The maximum Gasteiger partial charge on any atom is 0.122 e. The van der Waals surface area contributed by atoms with Crippen LogP contribution in [0.2, 0.25) is 0 Å². The maximum atomic E-state index is 5.24. The normalized spacial score (nSPS) is 10.8. The second-order valence-electron chi connectivity index (χ2n) is 3.72. The number of hydrogen-bond donors (Lipinski definition) is 0. The number of ether oxygens (including phenoxy) is 2. The molecule has 0 unspecified atom stereocenters. The molecule has 0 heterocycles. The fourth-order valence-corrected chi connectivity index (χ4v) is 1.93. The number of allylic oxidation sites excluding steroid dienone is 1. The van der Waals surface area contributed by atoms with Gasteiger partial charge in [-0.05, 0) is 48.6 Å². The fourth-order valence-electron chi connectivity index (χ4n) is 1.60. The number of benzene rings is 1. The Morgan fingerprint density at radius 3 is 2.29 bits per heavy atom. The summed E-state index contributed by atoms with van der Waals surface area (Å²) in [5.74, 6) is 1.72. The molecule has 0 aliphatic heterocycles. The van der Waals surface area contributed by atoms with Crippen molar-refractivity contribution in [3.05, 3.63) is 35.2 Å². The van der Waals surface area contributed by atoms with Gasteiger partial charge in [0, 0.05) is 6.07 Å². The van der Waals surface area contributed by atoms with E-state index in [-0.39, 0.29) is 0 Å². The highest BCUT2D eigenvalue weighted by molar-refractivity contribution is 8.01. The third-order valence-corrected chi connectivity index (χ3v) is 2.94. The van der Waals surface area contributed by atoms with Gasteiger partial charge in [0.1, 0.15) is 11.5 Å². The molecule has 2 nitrogen and oxygen atoms in total. The average Bonchev–Trinajstić information content (AvgIpc) is 2.38. The lowest BCUT2D eigenvalue weighted by molar-refractivity contribution is 0.393. The van der Waals surface area contributed by atoms with Gasteiger partial charge in [0.15, 0.2) is 0 Å². The van der Waals surface area contributed by atoms with Gasteiger partial charge >= 0.3 is 0 Å².